The van der Waals surface area contributed by atoms with E-state index in [2.05, 4.69) is 64.9 Å². The summed E-state index contributed by atoms with van der Waals surface area (Å²) in [5.74, 6) is 0.177. The van der Waals surface area contributed by atoms with E-state index in [0.29, 0.717) is 12.2 Å². The van der Waals surface area contributed by atoms with Crippen LogP contribution in [0.3, 0.4) is 0 Å². The van der Waals surface area contributed by atoms with E-state index >= 15 is 0 Å². The van der Waals surface area contributed by atoms with E-state index in [1.807, 2.05) is 63.9 Å². The lowest BCUT2D eigenvalue weighted by atomic mass is 9.84. The number of rotatable bonds is 10. The number of esters is 1. The van der Waals surface area contributed by atoms with Gasteiger partial charge in [-0.05, 0) is 65.2 Å². The molecule has 13 heteroatoms. The Morgan fingerprint density at radius 1 is 0.977 bits per heavy atom. The first kappa shape index (κ1) is 45.5. The molecule has 0 saturated heterocycles. The Labute approximate surface area is 297 Å². The smallest absolute Gasteiger partial charge is 0.307 e. The minimum absolute atomic E-state index is 0. The fraction of sp³-hybridized carbons (Fsp3) is 0.548. The number of carbonyl (C=O) groups is 2. The van der Waals surface area contributed by atoms with Gasteiger partial charge in [0.1, 0.15) is 33.2 Å². The van der Waals surface area contributed by atoms with E-state index in [1.54, 1.807) is 6.07 Å². The number of phenolic OH excluding ortho intramolecular Hbond substituents is 2. The van der Waals surface area contributed by atoms with Crippen LogP contribution in [0.2, 0.25) is 0 Å². The van der Waals surface area contributed by atoms with E-state index in [-0.39, 0.29) is 50.5 Å². The molecule has 244 valence electrons. The maximum absolute atomic E-state index is 11.8. The lowest BCUT2D eigenvalue weighted by Crippen LogP contribution is -2.39. The van der Waals surface area contributed by atoms with Gasteiger partial charge in [-0.3, -0.25) is 14.5 Å². The van der Waals surface area contributed by atoms with Crippen molar-refractivity contribution in [3.63, 3.8) is 0 Å². The molecule has 2 aromatic carbocycles. The molecule has 0 fully saturated rings. The second-order valence-electron chi connectivity index (χ2n) is 12.0. The Bertz CT molecular complexity index is 1210. The number of aromatic hydroxyl groups is 2. The highest BCUT2D eigenvalue weighted by molar-refractivity contribution is 14.2. The molecular weight excluding hydrogens is 820 g/mol. The highest BCUT2D eigenvalue weighted by Gasteiger charge is 2.29. The van der Waals surface area contributed by atoms with Crippen LogP contribution in [0.5, 0.6) is 11.5 Å². The van der Waals surface area contributed by atoms with Crippen molar-refractivity contribution in [2.75, 3.05) is 20.8 Å². The molecule has 0 bridgehead atoms. The van der Waals surface area contributed by atoms with Crippen molar-refractivity contribution in [3.05, 3.63) is 47.0 Å². The first-order chi connectivity index (χ1) is 19.3. The third-order valence-corrected chi connectivity index (χ3v) is 11.7. The van der Waals surface area contributed by atoms with Gasteiger partial charge in [-0.2, -0.15) is 0 Å². The fourth-order valence-corrected chi connectivity index (χ4v) is 6.91. The number of hydrogen-bond donors (Lipinski definition) is 2. The Kier molecular flexibility index (Phi) is 20.6. The number of halogens is 2. The summed E-state index contributed by atoms with van der Waals surface area (Å²) < 4.78 is 9.67. The molecule has 2 N–H and O–H groups in total. The van der Waals surface area contributed by atoms with E-state index in [9.17, 15) is 19.8 Å². The van der Waals surface area contributed by atoms with Crippen molar-refractivity contribution >= 4 is 93.1 Å². The van der Waals surface area contributed by atoms with Gasteiger partial charge < -0.3 is 19.7 Å². The van der Waals surface area contributed by atoms with Crippen LogP contribution in [0.15, 0.2) is 30.3 Å². The van der Waals surface area contributed by atoms with Crippen molar-refractivity contribution in [2.24, 2.45) is 0 Å². The van der Waals surface area contributed by atoms with Crippen LogP contribution in [0.4, 0.5) is 0 Å². The number of nitrogens with zero attached hydrogens (tertiary/aromatic N) is 1. The van der Waals surface area contributed by atoms with Crippen LogP contribution in [0, 0.1) is 0 Å². The lowest BCUT2D eigenvalue weighted by molar-refractivity contribution is -0.144. The molecule has 44 heavy (non-hydrogen) atoms. The van der Waals surface area contributed by atoms with Crippen molar-refractivity contribution in [1.29, 1.82) is 0 Å². The Balaban J connectivity index is 0. The first-order valence-corrected chi connectivity index (χ1v) is 21.6. The third kappa shape index (κ3) is 13.6. The summed E-state index contributed by atoms with van der Waals surface area (Å²) in [6.45, 7) is 14.7. The maximum Gasteiger partial charge on any atom is 0.307 e. The van der Waals surface area contributed by atoms with E-state index in [1.165, 1.54) is 7.11 Å². The highest BCUT2D eigenvalue weighted by Crippen LogP contribution is 2.44. The predicted octanol–water partition coefficient (Wildman–Crippen LogP) is 7.83. The van der Waals surface area contributed by atoms with Gasteiger partial charge in [-0.1, -0.05) is 117 Å². The number of phenols is 2. The summed E-state index contributed by atoms with van der Waals surface area (Å²) in [4.78, 5) is 24.3. The van der Waals surface area contributed by atoms with Crippen LogP contribution in [-0.2, 0) is 29.9 Å². The minimum Gasteiger partial charge on any atom is -0.508 e. The molecule has 0 saturated carbocycles. The molecule has 0 aliphatic carbocycles. The number of likely N-dealkylation sites (N-methyl/N-ethyl adjacent to an activating group) is 1. The molecule has 0 aliphatic rings. The molecule has 4 unspecified atom stereocenters. The molecule has 7 nitrogen and oxygen atoms in total. The van der Waals surface area contributed by atoms with Crippen LogP contribution in [-0.4, -0.2) is 69.5 Å². The monoisotopic (exact) mass is 869 g/mol. The van der Waals surface area contributed by atoms with Crippen LogP contribution in [0.25, 0.3) is 0 Å². The van der Waals surface area contributed by atoms with E-state index in [4.69, 9.17) is 24.6 Å². The average molecular weight is 869 g/mol. The number of methoxy groups -OCH3 is 1. The fourth-order valence-electron chi connectivity index (χ4n) is 4.19. The number of ether oxygens (including phenoxy) is 2. The number of benzene rings is 2. The lowest BCUT2D eigenvalue weighted by Gasteiger charge is -2.34. The average Bonchev–Trinajstić information content (AvgIpc) is 2.89. The summed E-state index contributed by atoms with van der Waals surface area (Å²) >= 11 is 4.43. The van der Waals surface area contributed by atoms with Crippen LogP contribution in [0.1, 0.15) is 92.5 Å². The Hall–Kier alpha value is -0.610. The Morgan fingerprint density at radius 3 is 1.91 bits per heavy atom. The van der Waals surface area contributed by atoms with Gasteiger partial charge in [0.05, 0.1) is 19.6 Å². The third-order valence-electron chi connectivity index (χ3n) is 6.84. The van der Waals surface area contributed by atoms with E-state index in [0.717, 1.165) is 27.3 Å². The van der Waals surface area contributed by atoms with Crippen LogP contribution >= 0.6 is 55.0 Å². The maximum atomic E-state index is 11.8. The molecule has 0 aromatic heterocycles. The second-order valence-corrected chi connectivity index (χ2v) is 20.5. The van der Waals surface area contributed by atoms with Gasteiger partial charge in [0.2, 0.25) is 0 Å². The summed E-state index contributed by atoms with van der Waals surface area (Å²) in [5.41, 5.74) is 0.716. The first-order valence-electron chi connectivity index (χ1n) is 13.2. The zero-order chi connectivity index (χ0) is 32.6. The van der Waals surface area contributed by atoms with Gasteiger partial charge in [0.25, 0.3) is 6.47 Å². The van der Waals surface area contributed by atoms with Crippen molar-refractivity contribution in [3.8, 4) is 11.5 Å². The minimum atomic E-state index is -0.878. The van der Waals surface area contributed by atoms with Gasteiger partial charge >= 0.3 is 5.97 Å². The zero-order valence-electron chi connectivity index (χ0n) is 25.8. The molecule has 4 atom stereocenters. The van der Waals surface area contributed by atoms with Crippen molar-refractivity contribution in [2.45, 2.75) is 92.7 Å². The second kappa shape index (κ2) is 19.9. The topological polar surface area (TPSA) is 96.3 Å². The van der Waals surface area contributed by atoms with Crippen molar-refractivity contribution in [1.82, 2.24) is 4.90 Å². The molecule has 0 spiro atoms. The summed E-state index contributed by atoms with van der Waals surface area (Å²) in [6, 6.07) is 8.86. The standard InChI is InChI=1S/C19H28BINO5P.C10H13BIOP.2CH4/c1-12(22(5)13(10-27-11-23)7-17(24)26-6)15-8-14(28(20)21)9-16(18(15)25)19(2,3)4;1-10(2,3)8-6-7(14(11)12)4-5-9(8)13;;/h8-9,11-13,25H,7,10H2,1-6H3;4-6,13H,1-3H3;2*1H4. The van der Waals surface area contributed by atoms with E-state index < -0.39 is 22.9 Å². The Morgan fingerprint density at radius 2 is 1.48 bits per heavy atom. The molecule has 2 aromatic rings. The number of hydrogen-bond acceptors (Lipinski definition) is 7. The van der Waals surface area contributed by atoms with Crippen molar-refractivity contribution < 1.29 is 29.3 Å². The number of carbonyl (C=O) groups excluding carboxylic acids is 2. The molecule has 2 rings (SSSR count). The van der Waals surface area contributed by atoms with Crippen LogP contribution < -0.4 is 10.6 Å². The molecule has 0 aliphatic heterocycles. The normalized spacial score (nSPS) is 14.0. The zero-order valence-corrected chi connectivity index (χ0v) is 31.9. The highest BCUT2D eigenvalue weighted by atomic mass is 127. The molecular formula is C31H49B2I2NO6P2. The largest absolute Gasteiger partial charge is 0.508 e. The van der Waals surface area contributed by atoms with Gasteiger partial charge in [0, 0.05) is 17.2 Å². The SMILES string of the molecule is C.C.[B]P(I)c1cc(C(C)N(C)C(COC=O)CC(=O)OC)c(O)c(C(C)(C)C)c1.[B]P(I)c1ccc(O)c(C(C)(C)C)c1. The molecule has 4 radical (unpaired) electrons. The molecule has 0 amide bonds. The summed E-state index contributed by atoms with van der Waals surface area (Å²) in [5, 5.41) is 22.8. The predicted molar refractivity (Wildman–Crippen MR) is 208 cm³/mol. The summed E-state index contributed by atoms with van der Waals surface area (Å²) in [7, 11) is 15.2. The van der Waals surface area contributed by atoms with Gasteiger partial charge in [-0.25, -0.2) is 0 Å². The van der Waals surface area contributed by atoms with Gasteiger partial charge in [-0.15, -0.1) is 0 Å². The quantitative estimate of drug-likeness (QED) is 0.0827. The van der Waals surface area contributed by atoms with Gasteiger partial charge in [0.15, 0.2) is 0 Å². The molecule has 0 heterocycles. The summed E-state index contributed by atoms with van der Waals surface area (Å²) in [6.07, 6.45) is 0.0631.